The molecule has 2 bridgehead atoms. The van der Waals surface area contributed by atoms with Crippen LogP contribution in [-0.2, 0) is 0 Å². The van der Waals surface area contributed by atoms with E-state index in [0.717, 1.165) is 44.1 Å². The highest BCUT2D eigenvalue weighted by Crippen LogP contribution is 2.16. The Morgan fingerprint density at radius 3 is 2.62 bits per heavy atom. The van der Waals surface area contributed by atoms with Gasteiger partial charge in [-0.1, -0.05) is 18.2 Å². The van der Waals surface area contributed by atoms with Crippen LogP contribution in [0.25, 0.3) is 5.69 Å². The van der Waals surface area contributed by atoms with E-state index in [1.807, 2.05) is 41.9 Å². The first-order valence-electron chi connectivity index (χ1n) is 8.57. The molecular formula is C18H23N5O. The molecule has 1 atom stereocenters. The third-order valence-corrected chi connectivity index (χ3v) is 5.15. The summed E-state index contributed by atoms with van der Waals surface area (Å²) in [6.07, 6.45) is 1.66. The lowest BCUT2D eigenvalue weighted by Crippen LogP contribution is -2.63. The Morgan fingerprint density at radius 1 is 1.21 bits per heavy atom. The first kappa shape index (κ1) is 15.4. The predicted octanol–water partition coefficient (Wildman–Crippen LogP) is 0.910. The molecule has 0 aliphatic carbocycles. The van der Waals surface area contributed by atoms with E-state index >= 15 is 0 Å². The second kappa shape index (κ2) is 6.37. The van der Waals surface area contributed by atoms with Crippen LogP contribution in [0.1, 0.15) is 16.1 Å². The van der Waals surface area contributed by atoms with Gasteiger partial charge in [0.05, 0.1) is 23.1 Å². The lowest BCUT2D eigenvalue weighted by Gasteiger charge is -2.47. The molecule has 1 unspecified atom stereocenters. The van der Waals surface area contributed by atoms with Gasteiger partial charge in [-0.05, 0) is 19.1 Å². The minimum absolute atomic E-state index is 0.0349. The molecule has 5 rings (SSSR count). The van der Waals surface area contributed by atoms with Gasteiger partial charge in [0, 0.05) is 45.3 Å². The van der Waals surface area contributed by atoms with E-state index in [0.29, 0.717) is 18.2 Å². The van der Waals surface area contributed by atoms with Crippen LogP contribution in [0.5, 0.6) is 0 Å². The number of rotatable bonds is 4. The van der Waals surface area contributed by atoms with Crippen molar-refractivity contribution >= 4 is 5.91 Å². The molecule has 1 N–H and O–H groups in total. The molecular weight excluding hydrogens is 302 g/mol. The van der Waals surface area contributed by atoms with Crippen LogP contribution in [0.3, 0.4) is 0 Å². The lowest BCUT2D eigenvalue weighted by atomic mass is 10.1. The number of benzene rings is 1. The van der Waals surface area contributed by atoms with Crippen molar-refractivity contribution in [1.82, 2.24) is 24.9 Å². The zero-order valence-corrected chi connectivity index (χ0v) is 14.0. The molecule has 3 saturated heterocycles. The lowest BCUT2D eigenvalue weighted by molar-refractivity contribution is 0.0138. The number of fused-ring (bicyclic) bond motifs is 3. The smallest absolute Gasteiger partial charge is 0.254 e. The Morgan fingerprint density at radius 2 is 1.96 bits per heavy atom. The maximum absolute atomic E-state index is 12.6. The number of hydrogen-bond acceptors (Lipinski definition) is 4. The monoisotopic (exact) mass is 325 g/mol. The minimum Gasteiger partial charge on any atom is -0.350 e. The molecule has 4 heterocycles. The Hall–Kier alpha value is -2.18. The van der Waals surface area contributed by atoms with Crippen molar-refractivity contribution in [2.24, 2.45) is 0 Å². The fourth-order valence-electron chi connectivity index (χ4n) is 3.69. The van der Waals surface area contributed by atoms with Gasteiger partial charge in [0.15, 0.2) is 0 Å². The van der Waals surface area contributed by atoms with Crippen molar-refractivity contribution in [3.8, 4) is 5.69 Å². The van der Waals surface area contributed by atoms with E-state index in [1.54, 1.807) is 6.20 Å². The highest BCUT2D eigenvalue weighted by atomic mass is 16.1. The molecule has 3 aliphatic rings. The van der Waals surface area contributed by atoms with E-state index in [4.69, 9.17) is 0 Å². The fraction of sp³-hybridized carbons (Fsp3) is 0.444. The number of nitrogens with one attached hydrogen (secondary N) is 1. The fourth-order valence-corrected chi connectivity index (χ4v) is 3.69. The zero-order valence-electron chi connectivity index (χ0n) is 14.0. The number of amides is 1. The predicted molar refractivity (Wildman–Crippen MR) is 92.4 cm³/mol. The summed E-state index contributed by atoms with van der Waals surface area (Å²) in [5.41, 5.74) is 2.49. The van der Waals surface area contributed by atoms with Gasteiger partial charge in [0.1, 0.15) is 0 Å². The topological polar surface area (TPSA) is 53.4 Å². The molecule has 0 saturated carbocycles. The largest absolute Gasteiger partial charge is 0.350 e. The second-order valence-corrected chi connectivity index (χ2v) is 6.59. The van der Waals surface area contributed by atoms with Crippen LogP contribution in [0.15, 0.2) is 36.5 Å². The average Bonchev–Trinajstić information content (AvgIpc) is 3.03. The maximum Gasteiger partial charge on any atom is 0.254 e. The van der Waals surface area contributed by atoms with Crippen molar-refractivity contribution in [2.75, 3.05) is 39.3 Å². The molecule has 0 spiro atoms. The summed E-state index contributed by atoms with van der Waals surface area (Å²) in [7, 11) is 0. The maximum atomic E-state index is 12.6. The number of carbonyl (C=O) groups excluding carboxylic acids is 1. The van der Waals surface area contributed by atoms with Crippen LogP contribution >= 0.6 is 0 Å². The van der Waals surface area contributed by atoms with Crippen molar-refractivity contribution < 1.29 is 4.79 Å². The van der Waals surface area contributed by atoms with E-state index < -0.39 is 0 Å². The van der Waals surface area contributed by atoms with Crippen molar-refractivity contribution in [1.29, 1.82) is 0 Å². The van der Waals surface area contributed by atoms with Crippen LogP contribution in [-0.4, -0.2) is 70.8 Å². The Kier molecular flexibility index (Phi) is 4.08. The quantitative estimate of drug-likeness (QED) is 0.908. The van der Waals surface area contributed by atoms with Crippen LogP contribution in [0.2, 0.25) is 0 Å². The normalized spacial score (nSPS) is 25.6. The van der Waals surface area contributed by atoms with Crippen molar-refractivity contribution in [2.45, 2.75) is 13.0 Å². The molecule has 3 fully saturated rings. The van der Waals surface area contributed by atoms with E-state index in [-0.39, 0.29) is 5.91 Å². The first-order chi connectivity index (χ1) is 11.7. The summed E-state index contributed by atoms with van der Waals surface area (Å²) in [6.45, 7) is 8.25. The molecule has 2 aromatic rings. The van der Waals surface area contributed by atoms with Gasteiger partial charge >= 0.3 is 0 Å². The Labute approximate surface area is 142 Å². The van der Waals surface area contributed by atoms with Gasteiger partial charge in [-0.25, -0.2) is 4.68 Å². The minimum atomic E-state index is -0.0349. The van der Waals surface area contributed by atoms with E-state index in [2.05, 4.69) is 20.2 Å². The van der Waals surface area contributed by atoms with Crippen molar-refractivity contribution in [3.63, 3.8) is 0 Å². The molecule has 24 heavy (non-hydrogen) atoms. The molecule has 1 aromatic heterocycles. The van der Waals surface area contributed by atoms with Gasteiger partial charge in [-0.3, -0.25) is 14.6 Å². The first-order valence-corrected chi connectivity index (χ1v) is 8.57. The van der Waals surface area contributed by atoms with Crippen LogP contribution in [0, 0.1) is 6.92 Å². The highest BCUT2D eigenvalue weighted by molar-refractivity contribution is 5.95. The number of nitrogens with zero attached hydrogens (tertiary/aromatic N) is 4. The second-order valence-electron chi connectivity index (χ2n) is 6.59. The van der Waals surface area contributed by atoms with Crippen LogP contribution < -0.4 is 5.32 Å². The Balaban J connectivity index is 1.43. The Bertz CT molecular complexity index is 718. The standard InChI is InChI=1S/C18H23N5O/c1-14-17(12-20-23(14)15-5-3-2-4-6-15)18(24)19-11-16-13-21-7-9-22(16)10-8-21/h2-6,12,16H,7-11,13H2,1H3,(H,19,24). The molecule has 1 aromatic carbocycles. The molecule has 6 heteroatoms. The zero-order chi connectivity index (χ0) is 16.5. The van der Waals surface area contributed by atoms with Gasteiger partial charge in [-0.15, -0.1) is 0 Å². The van der Waals surface area contributed by atoms with Crippen LogP contribution in [0.4, 0.5) is 0 Å². The third-order valence-electron chi connectivity index (χ3n) is 5.15. The van der Waals surface area contributed by atoms with Crippen molar-refractivity contribution in [3.05, 3.63) is 47.8 Å². The summed E-state index contributed by atoms with van der Waals surface area (Å²) in [5.74, 6) is -0.0349. The molecule has 3 aliphatic heterocycles. The molecule has 1 amide bonds. The van der Waals surface area contributed by atoms with Gasteiger partial charge < -0.3 is 5.32 Å². The number of aromatic nitrogens is 2. The summed E-state index contributed by atoms with van der Waals surface area (Å²) >= 11 is 0. The van der Waals surface area contributed by atoms with E-state index in [9.17, 15) is 4.79 Å². The number of hydrogen-bond donors (Lipinski definition) is 1. The molecule has 126 valence electrons. The van der Waals surface area contributed by atoms with E-state index in [1.165, 1.54) is 0 Å². The third kappa shape index (κ3) is 2.83. The highest BCUT2D eigenvalue weighted by Gasteiger charge is 2.32. The average molecular weight is 325 g/mol. The molecule has 6 nitrogen and oxygen atoms in total. The number of carbonyl (C=O) groups is 1. The van der Waals surface area contributed by atoms with Gasteiger partial charge in [0.25, 0.3) is 5.91 Å². The summed E-state index contributed by atoms with van der Waals surface area (Å²) in [5, 5.41) is 7.48. The number of piperazine rings is 3. The summed E-state index contributed by atoms with van der Waals surface area (Å²) in [4.78, 5) is 17.5. The molecule has 0 radical (unpaired) electrons. The SMILES string of the molecule is Cc1c(C(=O)NCC2CN3CCN2CC3)cnn1-c1ccccc1. The van der Waals surface area contributed by atoms with Gasteiger partial charge in [0.2, 0.25) is 0 Å². The summed E-state index contributed by atoms with van der Waals surface area (Å²) < 4.78 is 1.81. The summed E-state index contributed by atoms with van der Waals surface area (Å²) in [6, 6.07) is 10.3. The number of para-hydroxylation sites is 1. The van der Waals surface area contributed by atoms with Gasteiger partial charge in [-0.2, -0.15) is 5.10 Å².